The quantitative estimate of drug-likeness (QED) is 0.578. The third-order valence-corrected chi connectivity index (χ3v) is 4.32. The summed E-state index contributed by atoms with van der Waals surface area (Å²) in [7, 11) is 0. The fourth-order valence-corrected chi connectivity index (χ4v) is 2.84. The first-order valence-corrected chi connectivity index (χ1v) is 8.42. The zero-order valence-corrected chi connectivity index (χ0v) is 14.7. The molecule has 25 heavy (non-hydrogen) atoms. The van der Waals surface area contributed by atoms with Gasteiger partial charge in [0.1, 0.15) is 6.33 Å². The summed E-state index contributed by atoms with van der Waals surface area (Å²) in [6, 6.07) is 6.72. The summed E-state index contributed by atoms with van der Waals surface area (Å²) in [6.07, 6.45) is 3.17. The maximum Gasteiger partial charge on any atom is 0.355 e. The van der Waals surface area contributed by atoms with Crippen molar-refractivity contribution in [2.75, 3.05) is 23.4 Å². The van der Waals surface area contributed by atoms with Crippen LogP contribution in [0.3, 0.4) is 0 Å². The standard InChI is InChI=1S/C15H15BrN6O3/c16-11-5-3-10(4-6-11)15(23)20-19-13-12(22(24)25)14(18-9-17-13)21-7-1-2-8-21/h3-6,9H,1-2,7-8H2,(H,20,23)(H,17,18,19). The monoisotopic (exact) mass is 406 g/mol. The van der Waals surface area contributed by atoms with E-state index in [1.54, 1.807) is 24.3 Å². The van der Waals surface area contributed by atoms with Crippen LogP contribution < -0.4 is 15.8 Å². The van der Waals surface area contributed by atoms with Crippen LogP contribution in [0, 0.1) is 10.1 Å². The molecule has 3 rings (SSSR count). The minimum absolute atomic E-state index is 0.0487. The number of nitrogens with zero attached hydrogens (tertiary/aromatic N) is 4. The number of carbonyl (C=O) groups excluding carboxylic acids is 1. The Hall–Kier alpha value is -2.75. The Morgan fingerprint density at radius 1 is 1.20 bits per heavy atom. The Morgan fingerprint density at radius 2 is 1.88 bits per heavy atom. The van der Waals surface area contributed by atoms with Crippen molar-refractivity contribution in [1.82, 2.24) is 15.4 Å². The van der Waals surface area contributed by atoms with E-state index >= 15 is 0 Å². The fraction of sp³-hybridized carbons (Fsp3) is 0.267. The summed E-state index contributed by atoms with van der Waals surface area (Å²) in [5.74, 6) is -0.214. The van der Waals surface area contributed by atoms with Gasteiger partial charge >= 0.3 is 5.69 Å². The van der Waals surface area contributed by atoms with Gasteiger partial charge in [0.25, 0.3) is 5.91 Å². The number of aromatic nitrogens is 2. The molecule has 0 saturated carbocycles. The number of hydrogen-bond acceptors (Lipinski definition) is 7. The molecule has 0 unspecified atom stereocenters. The van der Waals surface area contributed by atoms with Crippen LogP contribution in [0.1, 0.15) is 23.2 Å². The van der Waals surface area contributed by atoms with E-state index in [0.29, 0.717) is 18.7 Å². The van der Waals surface area contributed by atoms with Gasteiger partial charge in [-0.05, 0) is 37.1 Å². The van der Waals surface area contributed by atoms with E-state index in [4.69, 9.17) is 0 Å². The van der Waals surface area contributed by atoms with Crippen molar-refractivity contribution in [3.8, 4) is 0 Å². The summed E-state index contributed by atoms with van der Waals surface area (Å²) in [5.41, 5.74) is 5.13. The topological polar surface area (TPSA) is 113 Å². The summed E-state index contributed by atoms with van der Waals surface area (Å²) in [4.78, 5) is 32.9. The highest BCUT2D eigenvalue weighted by Crippen LogP contribution is 2.33. The number of amides is 1. The molecule has 10 heteroatoms. The zero-order valence-electron chi connectivity index (χ0n) is 13.1. The first-order chi connectivity index (χ1) is 12.1. The number of carbonyl (C=O) groups is 1. The van der Waals surface area contributed by atoms with Crippen LogP contribution in [0.25, 0.3) is 0 Å². The van der Waals surface area contributed by atoms with Gasteiger partial charge in [-0.15, -0.1) is 0 Å². The van der Waals surface area contributed by atoms with E-state index in [1.807, 2.05) is 4.90 Å². The number of anilines is 2. The molecule has 1 aliphatic heterocycles. The average Bonchev–Trinajstić information content (AvgIpc) is 3.14. The van der Waals surface area contributed by atoms with Gasteiger partial charge in [0, 0.05) is 23.1 Å². The lowest BCUT2D eigenvalue weighted by atomic mass is 10.2. The SMILES string of the molecule is O=C(NNc1ncnc(N2CCCC2)c1[N+](=O)[O-])c1ccc(Br)cc1. The Balaban J connectivity index is 1.79. The number of halogens is 1. The van der Waals surface area contributed by atoms with Crippen LogP contribution >= 0.6 is 15.9 Å². The second kappa shape index (κ2) is 7.43. The van der Waals surface area contributed by atoms with Crippen LogP contribution in [0.5, 0.6) is 0 Å². The van der Waals surface area contributed by atoms with Crippen molar-refractivity contribution in [1.29, 1.82) is 0 Å². The highest BCUT2D eigenvalue weighted by Gasteiger charge is 2.28. The molecule has 130 valence electrons. The maximum absolute atomic E-state index is 12.1. The van der Waals surface area contributed by atoms with E-state index in [1.165, 1.54) is 6.33 Å². The summed E-state index contributed by atoms with van der Waals surface area (Å²) in [5, 5.41) is 11.5. The van der Waals surface area contributed by atoms with Crippen LogP contribution in [0.15, 0.2) is 35.1 Å². The molecule has 1 amide bonds. The summed E-state index contributed by atoms with van der Waals surface area (Å²) in [6.45, 7) is 1.42. The highest BCUT2D eigenvalue weighted by molar-refractivity contribution is 9.10. The van der Waals surface area contributed by atoms with Crippen molar-refractivity contribution in [3.05, 3.63) is 50.7 Å². The van der Waals surface area contributed by atoms with Crippen LogP contribution in [0.4, 0.5) is 17.3 Å². The second-order valence-corrected chi connectivity index (χ2v) is 6.35. The molecule has 1 aromatic carbocycles. The van der Waals surface area contributed by atoms with E-state index in [9.17, 15) is 14.9 Å². The molecule has 0 bridgehead atoms. The van der Waals surface area contributed by atoms with E-state index in [2.05, 4.69) is 36.7 Å². The smallest absolute Gasteiger partial charge is 0.351 e. The lowest BCUT2D eigenvalue weighted by molar-refractivity contribution is -0.383. The molecule has 1 fully saturated rings. The Bertz CT molecular complexity index is 792. The molecule has 0 spiro atoms. The zero-order chi connectivity index (χ0) is 17.8. The Morgan fingerprint density at radius 3 is 2.52 bits per heavy atom. The Labute approximate surface area is 151 Å². The summed E-state index contributed by atoms with van der Waals surface area (Å²) >= 11 is 3.29. The molecule has 9 nitrogen and oxygen atoms in total. The minimum atomic E-state index is -0.540. The van der Waals surface area contributed by atoms with Crippen molar-refractivity contribution in [2.24, 2.45) is 0 Å². The van der Waals surface area contributed by atoms with Gasteiger partial charge in [-0.1, -0.05) is 15.9 Å². The van der Waals surface area contributed by atoms with E-state index in [0.717, 1.165) is 17.3 Å². The third-order valence-electron chi connectivity index (χ3n) is 3.79. The molecule has 0 radical (unpaired) electrons. The average molecular weight is 407 g/mol. The Kier molecular flexibility index (Phi) is 5.08. The third kappa shape index (κ3) is 3.85. The number of nitrogens with one attached hydrogen (secondary N) is 2. The van der Waals surface area contributed by atoms with Crippen molar-refractivity contribution in [2.45, 2.75) is 12.8 Å². The van der Waals surface area contributed by atoms with Crippen LogP contribution in [-0.2, 0) is 0 Å². The molecule has 1 aliphatic rings. The van der Waals surface area contributed by atoms with Gasteiger partial charge in [-0.2, -0.15) is 0 Å². The van der Waals surface area contributed by atoms with Gasteiger partial charge in [0.2, 0.25) is 11.6 Å². The second-order valence-electron chi connectivity index (χ2n) is 5.43. The minimum Gasteiger partial charge on any atom is -0.351 e. The molecule has 2 heterocycles. The molecule has 1 aromatic heterocycles. The molecule has 1 saturated heterocycles. The first kappa shape index (κ1) is 17.1. The normalized spacial score (nSPS) is 13.6. The summed E-state index contributed by atoms with van der Waals surface area (Å²) < 4.78 is 0.846. The van der Waals surface area contributed by atoms with Gasteiger partial charge in [-0.3, -0.25) is 25.8 Å². The van der Waals surface area contributed by atoms with Crippen LogP contribution in [-0.4, -0.2) is 33.9 Å². The largest absolute Gasteiger partial charge is 0.355 e. The lowest BCUT2D eigenvalue weighted by Crippen LogP contribution is -2.30. The van der Waals surface area contributed by atoms with Crippen molar-refractivity contribution in [3.63, 3.8) is 0 Å². The maximum atomic E-state index is 12.1. The number of rotatable bonds is 5. The predicted octanol–water partition coefficient (Wildman–Crippen LogP) is 2.50. The number of benzene rings is 1. The molecular formula is C15H15BrN6O3. The van der Waals surface area contributed by atoms with Crippen LogP contribution in [0.2, 0.25) is 0 Å². The van der Waals surface area contributed by atoms with Gasteiger partial charge in [0.05, 0.1) is 4.92 Å². The highest BCUT2D eigenvalue weighted by atomic mass is 79.9. The van der Waals surface area contributed by atoms with Gasteiger partial charge in [0.15, 0.2) is 0 Å². The molecule has 2 aromatic rings. The molecular weight excluding hydrogens is 392 g/mol. The lowest BCUT2D eigenvalue weighted by Gasteiger charge is -2.17. The first-order valence-electron chi connectivity index (χ1n) is 7.62. The van der Waals surface area contributed by atoms with E-state index < -0.39 is 10.8 Å². The molecule has 2 N–H and O–H groups in total. The predicted molar refractivity (Wildman–Crippen MR) is 95.4 cm³/mol. The van der Waals surface area contributed by atoms with Gasteiger partial charge in [-0.25, -0.2) is 9.97 Å². The molecule has 0 aliphatic carbocycles. The van der Waals surface area contributed by atoms with E-state index in [-0.39, 0.29) is 17.3 Å². The molecule has 0 atom stereocenters. The number of hydrazine groups is 1. The fourth-order valence-electron chi connectivity index (χ4n) is 2.58. The van der Waals surface area contributed by atoms with Crippen molar-refractivity contribution < 1.29 is 9.72 Å². The van der Waals surface area contributed by atoms with Gasteiger partial charge < -0.3 is 4.90 Å². The number of nitro groups is 1. The van der Waals surface area contributed by atoms with Crippen molar-refractivity contribution >= 4 is 39.2 Å². The number of hydrogen-bond donors (Lipinski definition) is 2.